The summed E-state index contributed by atoms with van der Waals surface area (Å²) in [5.74, 6) is -1.97. The van der Waals surface area contributed by atoms with Gasteiger partial charge in [-0.2, -0.15) is 0 Å². The lowest BCUT2D eigenvalue weighted by Crippen LogP contribution is -2.45. The van der Waals surface area contributed by atoms with E-state index in [2.05, 4.69) is 4.74 Å². The van der Waals surface area contributed by atoms with E-state index >= 15 is 0 Å². The Labute approximate surface area is 85.8 Å². The molecule has 0 amide bonds. The molecule has 3 aliphatic rings. The topological polar surface area (TPSA) is 52.6 Å². The van der Waals surface area contributed by atoms with Crippen LogP contribution in [0.25, 0.3) is 0 Å². The molecule has 2 bridgehead atoms. The lowest BCUT2D eigenvalue weighted by molar-refractivity contribution is -0.170. The largest absolute Gasteiger partial charge is 0.469 e. The van der Waals surface area contributed by atoms with Crippen LogP contribution in [0.5, 0.6) is 0 Å². The maximum atomic E-state index is 11.3. The van der Waals surface area contributed by atoms with Gasteiger partial charge in [-0.05, 0) is 6.08 Å². The van der Waals surface area contributed by atoms with Crippen molar-refractivity contribution in [2.24, 2.45) is 11.8 Å². The highest BCUT2D eigenvalue weighted by Crippen LogP contribution is 2.40. The maximum Gasteiger partial charge on any atom is 0.315 e. The van der Waals surface area contributed by atoms with Crippen LogP contribution >= 0.6 is 11.6 Å². The predicted molar refractivity (Wildman–Crippen MR) is 47.4 cm³/mol. The van der Waals surface area contributed by atoms with Gasteiger partial charge >= 0.3 is 11.9 Å². The van der Waals surface area contributed by atoms with E-state index in [1.807, 2.05) is 0 Å². The minimum atomic E-state index is -0.658. The third-order valence-electron chi connectivity index (χ3n) is 2.56. The molecule has 2 aliphatic heterocycles. The van der Waals surface area contributed by atoms with Crippen LogP contribution in [0.4, 0.5) is 0 Å². The highest BCUT2D eigenvalue weighted by molar-refractivity contribution is 6.31. The Balaban J connectivity index is 2.29. The molecule has 0 spiro atoms. The fraction of sp³-hybridized carbons (Fsp3) is 0.556. The first-order valence-electron chi connectivity index (χ1n) is 4.29. The number of halogens is 1. The fourth-order valence-electron chi connectivity index (χ4n) is 1.89. The molecule has 2 heterocycles. The van der Waals surface area contributed by atoms with E-state index in [1.165, 1.54) is 7.11 Å². The van der Waals surface area contributed by atoms with Crippen molar-refractivity contribution in [3.8, 4) is 0 Å². The molecule has 0 aromatic rings. The second-order valence-corrected chi connectivity index (χ2v) is 3.81. The van der Waals surface area contributed by atoms with Gasteiger partial charge in [0.05, 0.1) is 13.0 Å². The number of carbonyl (C=O) groups is 2. The third kappa shape index (κ3) is 1.30. The van der Waals surface area contributed by atoms with Gasteiger partial charge in [-0.3, -0.25) is 9.59 Å². The van der Waals surface area contributed by atoms with Gasteiger partial charge in [-0.15, -0.1) is 0 Å². The summed E-state index contributed by atoms with van der Waals surface area (Å²) in [6.45, 7) is 0. The average Bonchev–Trinajstić information content (AvgIpc) is 2.15. The van der Waals surface area contributed by atoms with Crippen molar-refractivity contribution in [1.82, 2.24) is 0 Å². The van der Waals surface area contributed by atoms with E-state index in [0.29, 0.717) is 11.5 Å². The molecule has 0 aromatic heterocycles. The predicted octanol–water partition coefficient (Wildman–Crippen LogP) is 0.844. The van der Waals surface area contributed by atoms with Gasteiger partial charge < -0.3 is 9.47 Å². The number of carbonyl (C=O) groups excluding carboxylic acids is 2. The zero-order valence-electron chi connectivity index (χ0n) is 7.53. The summed E-state index contributed by atoms with van der Waals surface area (Å²) in [5.41, 5.74) is 0. The molecule has 1 aliphatic carbocycles. The quantitative estimate of drug-likeness (QED) is 0.610. The summed E-state index contributed by atoms with van der Waals surface area (Å²) >= 11 is 5.86. The lowest BCUT2D eigenvalue weighted by atomic mass is 9.80. The van der Waals surface area contributed by atoms with Crippen LogP contribution in [0.3, 0.4) is 0 Å². The van der Waals surface area contributed by atoms with Crippen LogP contribution in [0.1, 0.15) is 6.42 Å². The van der Waals surface area contributed by atoms with Crippen LogP contribution in [0.2, 0.25) is 0 Å². The first-order chi connectivity index (χ1) is 6.63. The molecule has 4 nitrogen and oxygen atoms in total. The monoisotopic (exact) mass is 216 g/mol. The van der Waals surface area contributed by atoms with E-state index in [9.17, 15) is 9.59 Å². The first-order valence-corrected chi connectivity index (χ1v) is 4.67. The Morgan fingerprint density at radius 2 is 2.43 bits per heavy atom. The smallest absolute Gasteiger partial charge is 0.315 e. The van der Waals surface area contributed by atoms with E-state index in [0.717, 1.165) is 0 Å². The summed E-state index contributed by atoms with van der Waals surface area (Å²) in [4.78, 5) is 22.7. The highest BCUT2D eigenvalue weighted by Gasteiger charge is 2.47. The standard InChI is InChI=1S/C9H9ClO4/c1-13-8(11)5-2-4-3-6(10)7(5)9(12)14-4/h3-5,7H,2H2,1H3/t4-,5-,7+/m0/s1. The summed E-state index contributed by atoms with van der Waals surface area (Å²) in [6.07, 6.45) is 1.77. The molecule has 0 N–H and O–H groups in total. The van der Waals surface area contributed by atoms with Crippen molar-refractivity contribution in [1.29, 1.82) is 0 Å². The zero-order valence-corrected chi connectivity index (χ0v) is 8.28. The Morgan fingerprint density at radius 3 is 2.93 bits per heavy atom. The highest BCUT2D eigenvalue weighted by atomic mass is 35.5. The third-order valence-corrected chi connectivity index (χ3v) is 2.92. The van der Waals surface area contributed by atoms with Crippen molar-refractivity contribution in [2.45, 2.75) is 12.5 Å². The van der Waals surface area contributed by atoms with E-state index in [1.54, 1.807) is 6.08 Å². The molecule has 1 fully saturated rings. The first kappa shape index (κ1) is 9.52. The molecule has 3 atom stereocenters. The Morgan fingerprint density at radius 1 is 1.71 bits per heavy atom. The fourth-order valence-corrected chi connectivity index (χ4v) is 2.27. The molecule has 1 saturated heterocycles. The van der Waals surface area contributed by atoms with Gasteiger partial charge in [0, 0.05) is 11.5 Å². The molecule has 14 heavy (non-hydrogen) atoms. The Hall–Kier alpha value is -1.03. The van der Waals surface area contributed by atoms with Gasteiger partial charge in [-0.1, -0.05) is 11.6 Å². The van der Waals surface area contributed by atoms with E-state index in [-0.39, 0.29) is 6.10 Å². The summed E-state index contributed by atoms with van der Waals surface area (Å²) in [7, 11) is 1.30. The van der Waals surface area contributed by atoms with Crippen molar-refractivity contribution >= 4 is 23.5 Å². The summed E-state index contributed by atoms with van der Waals surface area (Å²) in [5, 5.41) is 0.396. The van der Waals surface area contributed by atoms with Gasteiger partial charge in [0.2, 0.25) is 0 Å². The number of fused-ring (bicyclic) bond motifs is 2. The zero-order chi connectivity index (χ0) is 10.3. The van der Waals surface area contributed by atoms with Gasteiger partial charge in [0.25, 0.3) is 0 Å². The number of ether oxygens (including phenoxy) is 2. The summed E-state index contributed by atoms with van der Waals surface area (Å²) in [6, 6.07) is 0. The van der Waals surface area contributed by atoms with E-state index < -0.39 is 23.8 Å². The Bertz CT molecular complexity index is 323. The maximum absolute atomic E-state index is 11.3. The SMILES string of the molecule is COC(=O)[C@H]1C[C@H]2C=C(Cl)[C@@H]1C(=O)O2. The molecule has 5 heteroatoms. The number of hydrogen-bond donors (Lipinski definition) is 0. The van der Waals surface area contributed by atoms with Crippen LogP contribution in [0, 0.1) is 11.8 Å². The average molecular weight is 217 g/mol. The van der Waals surface area contributed by atoms with Gasteiger partial charge in [0.15, 0.2) is 0 Å². The van der Waals surface area contributed by atoms with Crippen LogP contribution < -0.4 is 0 Å². The minimum Gasteiger partial charge on any atom is -0.469 e. The van der Waals surface area contributed by atoms with E-state index in [4.69, 9.17) is 16.3 Å². The number of methoxy groups -OCH3 is 1. The molecular weight excluding hydrogens is 208 g/mol. The summed E-state index contributed by atoms with van der Waals surface area (Å²) < 4.78 is 9.58. The molecular formula is C9H9ClO4. The number of rotatable bonds is 1. The van der Waals surface area contributed by atoms with Crippen molar-refractivity contribution in [3.63, 3.8) is 0 Å². The molecule has 3 rings (SSSR count). The Kier molecular flexibility index (Phi) is 2.23. The lowest BCUT2D eigenvalue weighted by Gasteiger charge is -2.36. The van der Waals surface area contributed by atoms with Crippen molar-refractivity contribution in [3.05, 3.63) is 11.1 Å². The number of hydrogen-bond acceptors (Lipinski definition) is 4. The molecule has 76 valence electrons. The van der Waals surface area contributed by atoms with Gasteiger partial charge in [0.1, 0.15) is 12.0 Å². The number of esters is 2. The van der Waals surface area contributed by atoms with Crippen molar-refractivity contribution in [2.75, 3.05) is 7.11 Å². The molecule has 0 radical (unpaired) electrons. The van der Waals surface area contributed by atoms with Gasteiger partial charge in [-0.25, -0.2) is 0 Å². The molecule has 0 saturated carbocycles. The van der Waals surface area contributed by atoms with Crippen LogP contribution in [-0.2, 0) is 19.1 Å². The van der Waals surface area contributed by atoms with Crippen LogP contribution in [-0.4, -0.2) is 25.2 Å². The second kappa shape index (κ2) is 3.28. The second-order valence-electron chi connectivity index (χ2n) is 3.37. The van der Waals surface area contributed by atoms with Crippen LogP contribution in [0.15, 0.2) is 11.1 Å². The minimum absolute atomic E-state index is 0.371. The molecule has 0 unspecified atom stereocenters. The normalized spacial score (nSPS) is 34.9. The molecule has 0 aromatic carbocycles. The van der Waals surface area contributed by atoms with Crippen molar-refractivity contribution < 1.29 is 19.1 Å².